The van der Waals surface area contributed by atoms with E-state index in [1.54, 1.807) is 24.5 Å². The second-order valence-corrected chi connectivity index (χ2v) is 16.3. The summed E-state index contributed by atoms with van der Waals surface area (Å²) in [4.78, 5) is 57.5. The molecule has 0 radical (unpaired) electrons. The number of nitrogens with one attached hydrogen (secondary N) is 3. The third kappa shape index (κ3) is 11.8. The molecule has 0 spiro atoms. The van der Waals surface area contributed by atoms with Gasteiger partial charge in [0, 0.05) is 88.8 Å². The second kappa shape index (κ2) is 22.8. The van der Waals surface area contributed by atoms with Gasteiger partial charge in [-0.2, -0.15) is 0 Å². The molecule has 2 fully saturated rings. The molecule has 2 aromatic heterocycles. The molecule has 0 unspecified atom stereocenters. The van der Waals surface area contributed by atoms with Crippen LogP contribution in [0.25, 0.3) is 43.8 Å². The van der Waals surface area contributed by atoms with Crippen LogP contribution in [-0.4, -0.2) is 60.3 Å². The van der Waals surface area contributed by atoms with Gasteiger partial charge >= 0.3 is 5.97 Å². The number of amides is 1. The number of halogens is 1. The Morgan fingerprint density at radius 2 is 0.955 bits per heavy atom. The number of carboxylic acid groups (broad SMARTS) is 1. The molecule has 1 amide bonds. The van der Waals surface area contributed by atoms with E-state index in [1.165, 1.54) is 44.2 Å². The van der Waals surface area contributed by atoms with E-state index in [2.05, 4.69) is 25.1 Å². The fraction of sp³-hybridized carbons (Fsp3) is 0.200. The molecular weight excluding hydrogens is 844 g/mol. The topological polar surface area (TPSA) is 165 Å². The molecule has 67 heavy (non-hydrogen) atoms. The number of alkyl halides is 1. The quantitative estimate of drug-likeness (QED) is 0.0987. The lowest BCUT2D eigenvalue weighted by molar-refractivity contribution is 0.0696. The molecule has 0 atom stereocenters. The number of aromatic carboxylic acids is 1. The van der Waals surface area contributed by atoms with Gasteiger partial charge in [-0.05, 0) is 145 Å². The summed E-state index contributed by atoms with van der Waals surface area (Å²) in [5.74, 6) is -0.988. The first-order chi connectivity index (χ1) is 33.1. The zero-order valence-corrected chi connectivity index (χ0v) is 37.2. The Hall–Kier alpha value is -7.99. The van der Waals surface area contributed by atoms with Crippen LogP contribution in [0, 0.1) is 0 Å². The van der Waals surface area contributed by atoms with Crippen molar-refractivity contribution in [2.24, 2.45) is 0 Å². The Bertz CT molecular complexity index is 3040. The monoisotopic (exact) mass is 899 g/mol. The van der Waals surface area contributed by atoms with Crippen molar-refractivity contribution in [2.45, 2.75) is 38.5 Å². The van der Waals surface area contributed by atoms with E-state index < -0.39 is 13.1 Å². The van der Waals surface area contributed by atoms with Gasteiger partial charge in [-0.25, -0.2) is 4.79 Å². The average molecular weight is 900 g/mol. The number of carboxylic acids is 1. The minimum Gasteiger partial charge on any atom is -0.478 e. The molecule has 2 saturated heterocycles. The lowest BCUT2D eigenvalue weighted by Crippen LogP contribution is -2.29. The summed E-state index contributed by atoms with van der Waals surface area (Å²) in [7, 11) is -1.00. The van der Waals surface area contributed by atoms with Gasteiger partial charge in [0.2, 0.25) is 0 Å². The highest BCUT2D eigenvalue weighted by Gasteiger charge is 2.14. The predicted octanol–water partition coefficient (Wildman–Crippen LogP) is 11.2. The standard InChI is InChI=1S/C27H25N3O2.C15H12N2O.C12H15NO2.CH3F/c31-26(20-10-14-22(15-11-20)30-16-4-1-5-17-30)29-21-12-8-19(9-13-21)25-18-28-27(32)24-7-3-2-6-23(24)25;16-11-7-5-10(6-8-11)14-9-17-15(18)13-4-2-1-3-12(13)14;14-12(15)10-4-6-11(7-5-10)13-8-2-1-3-9-13;1-2/h2-3,6-15,18H,1,4-5,16-17H2,(H,28,32)(H,29,31);1-9H,16H2,(H,17,18);4-7H,1-3,8-9H2,(H,14,15);1H3/i;;;1D. The maximum atomic E-state index is 12.7. The maximum Gasteiger partial charge on any atom is 0.335 e. The normalized spacial score (nSPS) is 13.4. The molecule has 0 saturated carbocycles. The molecule has 12 heteroatoms. The number of anilines is 4. The van der Waals surface area contributed by atoms with Crippen LogP contribution in [0.1, 0.15) is 60.6 Å². The van der Waals surface area contributed by atoms with Crippen molar-refractivity contribution >= 4 is 56.2 Å². The number of carbonyl (C=O) groups excluding carboxylic acids is 1. The lowest BCUT2D eigenvalue weighted by atomic mass is 10.0. The Morgan fingerprint density at radius 1 is 0.567 bits per heavy atom. The van der Waals surface area contributed by atoms with Gasteiger partial charge in [0.15, 0.2) is 0 Å². The number of fused-ring (bicyclic) bond motifs is 2. The van der Waals surface area contributed by atoms with Gasteiger partial charge in [0.05, 0.1) is 14.1 Å². The van der Waals surface area contributed by atoms with Crippen LogP contribution in [0.5, 0.6) is 0 Å². The summed E-state index contributed by atoms with van der Waals surface area (Å²) in [5, 5.41) is 15.0. The number of hydrogen-bond acceptors (Lipinski definition) is 7. The van der Waals surface area contributed by atoms with Crippen LogP contribution < -0.4 is 32.0 Å². The summed E-state index contributed by atoms with van der Waals surface area (Å²) in [6.45, 7) is 4.35. The van der Waals surface area contributed by atoms with Crippen molar-refractivity contribution in [1.82, 2.24) is 9.97 Å². The van der Waals surface area contributed by atoms with Crippen molar-refractivity contribution in [3.63, 3.8) is 0 Å². The first-order valence-electron chi connectivity index (χ1n) is 23.1. The zero-order chi connectivity index (χ0) is 47.8. The van der Waals surface area contributed by atoms with Crippen LogP contribution >= 0.6 is 0 Å². The minimum atomic E-state index is -1.00. The number of benzene rings is 6. The van der Waals surface area contributed by atoms with Crippen LogP contribution in [0.4, 0.5) is 27.1 Å². The number of hydrogen-bond donors (Lipinski definition) is 5. The molecule has 0 aliphatic carbocycles. The number of carbonyl (C=O) groups is 2. The summed E-state index contributed by atoms with van der Waals surface area (Å²) in [6.07, 6.45) is 11.0. The largest absolute Gasteiger partial charge is 0.478 e. The molecule has 2 aliphatic rings. The van der Waals surface area contributed by atoms with Gasteiger partial charge in [0.1, 0.15) is 0 Å². The highest BCUT2D eigenvalue weighted by atomic mass is 19.1. The average Bonchev–Trinajstić information content (AvgIpc) is 3.39. The maximum absolute atomic E-state index is 12.7. The van der Waals surface area contributed by atoms with Crippen molar-refractivity contribution in [3.8, 4) is 22.3 Å². The Kier molecular flexibility index (Phi) is 15.5. The summed E-state index contributed by atoms with van der Waals surface area (Å²) < 4.78 is 15.5. The van der Waals surface area contributed by atoms with Crippen LogP contribution in [0.15, 0.2) is 168 Å². The fourth-order valence-electron chi connectivity index (χ4n) is 8.44. The molecule has 342 valence electrons. The Labute approximate surface area is 390 Å². The number of pyridine rings is 2. The SMILES string of the molecule is Nc1ccc(-c2c[nH]c(=O)c3ccccc23)cc1.O=C(Nc1ccc(-c2c[nH]c(=O)c3ccccc23)cc1)c1ccc(N2CCCCC2)cc1.O=C(O)c1ccc(N2CCCCC2)cc1.[2H]CF. The number of H-pyrrole nitrogens is 2. The number of nitrogen functional groups attached to an aromatic ring is 1. The van der Waals surface area contributed by atoms with Crippen molar-refractivity contribution in [1.29, 1.82) is 0 Å². The minimum absolute atomic E-state index is 0.0650. The van der Waals surface area contributed by atoms with E-state index in [9.17, 15) is 23.6 Å². The predicted molar refractivity (Wildman–Crippen MR) is 271 cm³/mol. The van der Waals surface area contributed by atoms with Crippen molar-refractivity contribution in [2.75, 3.05) is 54.2 Å². The van der Waals surface area contributed by atoms with Gasteiger partial charge in [-0.15, -0.1) is 0 Å². The number of piperidine rings is 2. The Balaban J connectivity index is 0.000000160. The third-order valence-electron chi connectivity index (χ3n) is 12.0. The number of aromatic amines is 2. The van der Waals surface area contributed by atoms with Crippen LogP contribution in [-0.2, 0) is 0 Å². The first kappa shape index (κ1) is 45.6. The molecule has 8 aromatic rings. The fourth-order valence-corrected chi connectivity index (χ4v) is 8.44. The molecule has 4 heterocycles. The highest BCUT2D eigenvalue weighted by molar-refractivity contribution is 6.05. The first-order valence-corrected chi connectivity index (χ1v) is 22.4. The smallest absolute Gasteiger partial charge is 0.335 e. The van der Waals surface area contributed by atoms with E-state index in [-0.39, 0.29) is 17.0 Å². The molecule has 10 rings (SSSR count). The number of rotatable bonds is 7. The lowest BCUT2D eigenvalue weighted by Gasteiger charge is -2.28. The second-order valence-electron chi connectivity index (χ2n) is 16.3. The third-order valence-corrected chi connectivity index (χ3v) is 12.0. The zero-order valence-electron chi connectivity index (χ0n) is 38.2. The Morgan fingerprint density at radius 3 is 1.37 bits per heavy atom. The van der Waals surface area contributed by atoms with Gasteiger partial charge < -0.3 is 35.9 Å². The van der Waals surface area contributed by atoms with Crippen molar-refractivity contribution < 1.29 is 20.5 Å². The number of aromatic nitrogens is 2. The molecule has 0 bridgehead atoms. The summed E-state index contributed by atoms with van der Waals surface area (Å²) in [5.41, 5.74) is 14.3. The van der Waals surface area contributed by atoms with Crippen molar-refractivity contribution in [3.05, 3.63) is 190 Å². The molecule has 6 aromatic carbocycles. The van der Waals surface area contributed by atoms with E-state index >= 15 is 0 Å². The molecule has 11 nitrogen and oxygen atoms in total. The number of nitrogens with zero attached hydrogens (tertiary/aromatic N) is 2. The van der Waals surface area contributed by atoms with Gasteiger partial charge in [0.25, 0.3) is 17.0 Å². The van der Waals surface area contributed by atoms with Gasteiger partial charge in [-0.3, -0.25) is 18.8 Å². The van der Waals surface area contributed by atoms with E-state index in [0.29, 0.717) is 21.9 Å². The molecular formula is C55H55FN6O5. The molecule has 2 aliphatic heterocycles. The van der Waals surface area contributed by atoms with Crippen LogP contribution in [0.3, 0.4) is 0 Å². The van der Waals surface area contributed by atoms with E-state index in [0.717, 1.165) is 76.3 Å². The molecule has 6 N–H and O–H groups in total. The van der Waals surface area contributed by atoms with Crippen LogP contribution in [0.2, 0.25) is 0 Å². The summed E-state index contributed by atoms with van der Waals surface area (Å²) >= 11 is 0. The van der Waals surface area contributed by atoms with E-state index in [4.69, 9.17) is 12.2 Å². The summed E-state index contributed by atoms with van der Waals surface area (Å²) in [6, 6.07) is 45.4. The van der Waals surface area contributed by atoms with E-state index in [1.807, 2.05) is 133 Å². The number of nitrogens with two attached hydrogens (primary N) is 1. The van der Waals surface area contributed by atoms with Gasteiger partial charge in [-0.1, -0.05) is 60.7 Å². The highest BCUT2D eigenvalue weighted by Crippen LogP contribution is 2.29.